The fraction of sp³-hybridized carbons (Fsp3) is 0.321. The lowest BCUT2D eigenvalue weighted by Gasteiger charge is -2.31. The zero-order valence-corrected chi connectivity index (χ0v) is 20.4. The van der Waals surface area contributed by atoms with Gasteiger partial charge in [0, 0.05) is 67.4 Å². The highest BCUT2D eigenvalue weighted by molar-refractivity contribution is 6.45. The quantitative estimate of drug-likeness (QED) is 0.365. The number of allylic oxidation sites excluding steroid dienone is 5. The van der Waals surface area contributed by atoms with Crippen molar-refractivity contribution < 1.29 is 13.6 Å². The lowest BCUT2D eigenvalue weighted by molar-refractivity contribution is -0.114. The Labute approximate surface area is 210 Å². The molecule has 0 radical (unpaired) electrons. The molecule has 1 fully saturated rings. The first-order chi connectivity index (χ1) is 17.2. The molecule has 2 aromatic rings. The van der Waals surface area contributed by atoms with Crippen LogP contribution in [0.2, 0.25) is 0 Å². The maximum absolute atomic E-state index is 13.5. The number of nitrogens with zero attached hydrogens (tertiary/aromatic N) is 2. The molecule has 0 saturated carbocycles. The van der Waals surface area contributed by atoms with E-state index in [4.69, 9.17) is 11.1 Å². The largest absolute Gasteiger partial charge is 0.398 e. The lowest BCUT2D eigenvalue weighted by atomic mass is 9.99. The van der Waals surface area contributed by atoms with Gasteiger partial charge in [0.25, 0.3) is 11.8 Å². The van der Waals surface area contributed by atoms with Gasteiger partial charge in [-0.25, -0.2) is 8.78 Å². The average molecular weight is 492 g/mol. The van der Waals surface area contributed by atoms with Gasteiger partial charge in [-0.05, 0) is 48.2 Å². The van der Waals surface area contributed by atoms with Gasteiger partial charge >= 0.3 is 0 Å². The third-order valence-electron chi connectivity index (χ3n) is 6.58. The van der Waals surface area contributed by atoms with Crippen LogP contribution in [0, 0.1) is 5.41 Å². The van der Waals surface area contributed by atoms with Crippen LogP contribution in [0.15, 0.2) is 72.2 Å². The number of likely N-dealkylation sites (tertiary alicyclic amines) is 1. The summed E-state index contributed by atoms with van der Waals surface area (Å²) in [6, 6.07) is 7.17. The number of nitrogen functional groups attached to an aromatic ring is 1. The molecule has 0 bridgehead atoms. The van der Waals surface area contributed by atoms with E-state index in [1.807, 2.05) is 41.3 Å². The van der Waals surface area contributed by atoms with Crippen molar-refractivity contribution in [3.63, 3.8) is 0 Å². The van der Waals surface area contributed by atoms with Gasteiger partial charge in [-0.3, -0.25) is 20.1 Å². The number of nitrogens with two attached hydrogens (primary N) is 1. The molecule has 36 heavy (non-hydrogen) atoms. The van der Waals surface area contributed by atoms with Crippen molar-refractivity contribution in [2.24, 2.45) is 0 Å². The zero-order valence-electron chi connectivity index (χ0n) is 20.4. The number of alkyl halides is 2. The predicted octanol–water partition coefficient (Wildman–Crippen LogP) is 5.23. The summed E-state index contributed by atoms with van der Waals surface area (Å²) in [6.45, 7) is 3.31. The van der Waals surface area contributed by atoms with Crippen molar-refractivity contribution >= 4 is 17.3 Å². The van der Waals surface area contributed by atoms with Gasteiger partial charge in [-0.1, -0.05) is 36.8 Å². The number of carbonyl (C=O) groups excluding carboxylic acids is 1. The minimum Gasteiger partial charge on any atom is -0.398 e. The standard InChI is InChI=1S/C28H31F2N5O/c1-2-19-4-3-5-23(8-6-19)34-27(36)26(32)24-15-21(7-9-25(24)31)22-14-20(16-33-17-22)18-35-12-10-28(29,30)11-13-35/h3-5,7-9,14-17,32H,2,6,10-13,18,31H2,1H3,(H,34,36). The second kappa shape index (κ2) is 11.0. The van der Waals surface area contributed by atoms with E-state index in [1.54, 1.807) is 24.5 Å². The number of hydrogen-bond donors (Lipinski definition) is 3. The van der Waals surface area contributed by atoms with Gasteiger partial charge in [-0.15, -0.1) is 0 Å². The summed E-state index contributed by atoms with van der Waals surface area (Å²) in [5.74, 6) is -3.12. The minimum absolute atomic E-state index is 0.130. The van der Waals surface area contributed by atoms with E-state index in [1.165, 1.54) is 5.57 Å². The number of pyridine rings is 1. The van der Waals surface area contributed by atoms with Crippen LogP contribution in [0.3, 0.4) is 0 Å². The Balaban J connectivity index is 1.47. The molecule has 4 N–H and O–H groups in total. The molecule has 6 nitrogen and oxygen atoms in total. The molecule has 188 valence electrons. The molecule has 2 aliphatic rings. The molecule has 0 atom stereocenters. The van der Waals surface area contributed by atoms with Gasteiger partial charge in [0.2, 0.25) is 0 Å². The van der Waals surface area contributed by atoms with Crippen molar-refractivity contribution in [2.75, 3.05) is 18.8 Å². The van der Waals surface area contributed by atoms with Crippen LogP contribution in [0.5, 0.6) is 0 Å². The number of halogens is 2. The summed E-state index contributed by atoms with van der Waals surface area (Å²) in [5.41, 5.74) is 11.0. The van der Waals surface area contributed by atoms with E-state index >= 15 is 0 Å². The van der Waals surface area contributed by atoms with Crippen LogP contribution in [-0.2, 0) is 11.3 Å². The van der Waals surface area contributed by atoms with Crippen LogP contribution in [0.25, 0.3) is 11.1 Å². The SMILES string of the molecule is CCC1=CC=CC(NC(=O)C(=N)c2cc(-c3cncc(CN4CCC(F)(F)CC4)c3)ccc2N)=CC1. The van der Waals surface area contributed by atoms with Crippen LogP contribution >= 0.6 is 0 Å². The third-order valence-corrected chi connectivity index (χ3v) is 6.58. The maximum atomic E-state index is 13.5. The molecule has 1 aliphatic heterocycles. The van der Waals surface area contributed by atoms with Crippen molar-refractivity contribution in [1.82, 2.24) is 15.2 Å². The Hall–Kier alpha value is -3.65. The molecule has 0 unspecified atom stereocenters. The summed E-state index contributed by atoms with van der Waals surface area (Å²) in [7, 11) is 0. The Bertz CT molecular complexity index is 1240. The van der Waals surface area contributed by atoms with Crippen LogP contribution in [0.4, 0.5) is 14.5 Å². The highest BCUT2D eigenvalue weighted by Crippen LogP contribution is 2.29. The smallest absolute Gasteiger partial charge is 0.274 e. The van der Waals surface area contributed by atoms with E-state index in [2.05, 4.69) is 17.2 Å². The van der Waals surface area contributed by atoms with Gasteiger partial charge in [-0.2, -0.15) is 0 Å². The summed E-state index contributed by atoms with van der Waals surface area (Å²) in [6.07, 6.45) is 12.5. The summed E-state index contributed by atoms with van der Waals surface area (Å²) >= 11 is 0. The normalized spacial score (nSPS) is 17.6. The molecule has 1 saturated heterocycles. The van der Waals surface area contributed by atoms with Gasteiger partial charge in [0.15, 0.2) is 0 Å². The topological polar surface area (TPSA) is 95.1 Å². The Kier molecular flexibility index (Phi) is 7.74. The third kappa shape index (κ3) is 6.31. The van der Waals surface area contributed by atoms with Crippen molar-refractivity contribution in [3.8, 4) is 11.1 Å². The molecule has 1 aromatic carbocycles. The predicted molar refractivity (Wildman–Crippen MR) is 139 cm³/mol. The number of piperidine rings is 1. The summed E-state index contributed by atoms with van der Waals surface area (Å²) in [4.78, 5) is 19.2. The number of nitrogens with one attached hydrogen (secondary N) is 2. The number of benzene rings is 1. The highest BCUT2D eigenvalue weighted by Gasteiger charge is 2.33. The van der Waals surface area contributed by atoms with Gasteiger partial charge in [0.05, 0.1) is 0 Å². The first-order valence-corrected chi connectivity index (χ1v) is 12.1. The van der Waals surface area contributed by atoms with Crippen molar-refractivity contribution in [2.45, 2.75) is 45.1 Å². The van der Waals surface area contributed by atoms with Crippen molar-refractivity contribution in [3.05, 3.63) is 83.4 Å². The van der Waals surface area contributed by atoms with E-state index in [0.29, 0.717) is 36.6 Å². The molecular formula is C28H31F2N5O. The molecule has 4 rings (SSSR count). The Morgan fingerprint density at radius 3 is 2.72 bits per heavy atom. The van der Waals surface area contributed by atoms with Crippen LogP contribution in [0.1, 0.15) is 43.7 Å². The Morgan fingerprint density at radius 2 is 1.97 bits per heavy atom. The average Bonchev–Trinajstić information content (AvgIpc) is 3.10. The second-order valence-electron chi connectivity index (χ2n) is 9.25. The van der Waals surface area contributed by atoms with Crippen LogP contribution in [-0.4, -0.2) is 40.5 Å². The summed E-state index contributed by atoms with van der Waals surface area (Å²) in [5, 5.41) is 11.3. The molecule has 1 aromatic heterocycles. The summed E-state index contributed by atoms with van der Waals surface area (Å²) < 4.78 is 26.9. The number of hydrogen-bond acceptors (Lipinski definition) is 5. The first kappa shape index (κ1) is 25.4. The number of aromatic nitrogens is 1. The van der Waals surface area contributed by atoms with E-state index in [-0.39, 0.29) is 18.6 Å². The van der Waals surface area contributed by atoms with E-state index < -0.39 is 11.8 Å². The molecule has 1 aliphatic carbocycles. The number of anilines is 1. The Morgan fingerprint density at radius 1 is 1.19 bits per heavy atom. The molecule has 8 heteroatoms. The molecule has 2 heterocycles. The van der Waals surface area contributed by atoms with E-state index in [9.17, 15) is 13.6 Å². The number of rotatable bonds is 7. The molecule has 0 spiro atoms. The highest BCUT2D eigenvalue weighted by atomic mass is 19.3. The zero-order chi connectivity index (χ0) is 25.7. The minimum atomic E-state index is -2.58. The van der Waals surface area contributed by atoms with Crippen molar-refractivity contribution in [1.29, 1.82) is 5.41 Å². The number of amides is 1. The maximum Gasteiger partial charge on any atom is 0.274 e. The molecular weight excluding hydrogens is 460 g/mol. The lowest BCUT2D eigenvalue weighted by Crippen LogP contribution is -2.38. The molecule has 1 amide bonds. The van der Waals surface area contributed by atoms with Gasteiger partial charge < -0.3 is 11.1 Å². The fourth-order valence-electron chi connectivity index (χ4n) is 4.32. The second-order valence-corrected chi connectivity index (χ2v) is 9.25. The first-order valence-electron chi connectivity index (χ1n) is 12.1. The number of carbonyl (C=O) groups is 1. The van der Waals surface area contributed by atoms with Gasteiger partial charge in [0.1, 0.15) is 5.71 Å². The monoisotopic (exact) mass is 491 g/mol. The van der Waals surface area contributed by atoms with E-state index in [0.717, 1.165) is 29.5 Å². The fourth-order valence-corrected chi connectivity index (χ4v) is 4.32. The van der Waals surface area contributed by atoms with Crippen LogP contribution < -0.4 is 11.1 Å².